The van der Waals surface area contributed by atoms with E-state index >= 15 is 0 Å². The van der Waals surface area contributed by atoms with Crippen molar-refractivity contribution in [2.75, 3.05) is 28.3 Å². The van der Waals surface area contributed by atoms with Gasteiger partial charge in [0.2, 0.25) is 5.91 Å². The molecule has 2 aromatic rings. The Labute approximate surface area is 142 Å². The fourth-order valence-electron chi connectivity index (χ4n) is 2.56. The van der Waals surface area contributed by atoms with E-state index in [1.54, 1.807) is 44.1 Å². The molecule has 1 heterocycles. The first-order valence-corrected chi connectivity index (χ1v) is 7.61. The van der Waals surface area contributed by atoms with Crippen molar-refractivity contribution < 1.29 is 14.3 Å². The first kappa shape index (κ1) is 17.8. The van der Waals surface area contributed by atoms with Crippen LogP contribution in [0.1, 0.15) is 17.2 Å². The molecular formula is C17H24N4O3. The lowest BCUT2D eigenvalue weighted by Crippen LogP contribution is -2.37. The Morgan fingerprint density at radius 3 is 2.67 bits per heavy atom. The van der Waals surface area contributed by atoms with Crippen molar-refractivity contribution in [3.05, 3.63) is 41.7 Å². The number of methoxy groups -OCH3 is 2. The number of carbonyl (C=O) groups excluding carboxylic acids is 1. The molecule has 130 valence electrons. The summed E-state index contributed by atoms with van der Waals surface area (Å²) in [4.78, 5) is 14.4. The van der Waals surface area contributed by atoms with Gasteiger partial charge in [-0.2, -0.15) is 5.10 Å². The van der Waals surface area contributed by atoms with Crippen LogP contribution in [0.25, 0.3) is 0 Å². The zero-order chi connectivity index (χ0) is 17.7. The largest absolute Gasteiger partial charge is 0.497 e. The fraction of sp³-hybridized carbons (Fsp3) is 0.412. The zero-order valence-electron chi connectivity index (χ0n) is 14.7. The predicted molar refractivity (Wildman–Crippen MR) is 91.0 cm³/mol. The molecule has 2 rings (SSSR count). The summed E-state index contributed by atoms with van der Waals surface area (Å²) in [6.45, 7) is 0.435. The van der Waals surface area contributed by atoms with Crippen molar-refractivity contribution in [2.45, 2.75) is 12.6 Å². The summed E-state index contributed by atoms with van der Waals surface area (Å²) in [6, 6.07) is 5.13. The normalized spacial score (nSPS) is 11.9. The Morgan fingerprint density at radius 2 is 2.12 bits per heavy atom. The van der Waals surface area contributed by atoms with Crippen LogP contribution in [0.4, 0.5) is 0 Å². The monoisotopic (exact) mass is 332 g/mol. The van der Waals surface area contributed by atoms with Crippen LogP contribution < -0.4 is 14.8 Å². The van der Waals surface area contributed by atoms with Gasteiger partial charge in [0.25, 0.3) is 0 Å². The second-order valence-corrected chi connectivity index (χ2v) is 5.54. The SMILES string of the molecule is CNC(C(=O)N(C)Cc1ccc(OC)cc1OC)c1cnn(C)c1. The first-order chi connectivity index (χ1) is 11.5. The smallest absolute Gasteiger partial charge is 0.244 e. The quantitative estimate of drug-likeness (QED) is 0.829. The first-order valence-electron chi connectivity index (χ1n) is 7.61. The molecule has 0 fully saturated rings. The minimum absolute atomic E-state index is 0.0385. The Morgan fingerprint density at radius 1 is 1.38 bits per heavy atom. The van der Waals surface area contributed by atoms with Crippen LogP contribution in [-0.4, -0.2) is 48.9 Å². The van der Waals surface area contributed by atoms with E-state index in [1.807, 2.05) is 31.4 Å². The number of amides is 1. The lowest BCUT2D eigenvalue weighted by atomic mass is 10.1. The van der Waals surface area contributed by atoms with E-state index in [0.29, 0.717) is 18.0 Å². The van der Waals surface area contributed by atoms with Gasteiger partial charge in [0.15, 0.2) is 0 Å². The van der Waals surface area contributed by atoms with Gasteiger partial charge in [-0.1, -0.05) is 0 Å². The maximum Gasteiger partial charge on any atom is 0.244 e. The molecule has 7 nitrogen and oxygen atoms in total. The number of ether oxygens (including phenoxy) is 2. The molecule has 1 amide bonds. The van der Waals surface area contributed by atoms with Crippen molar-refractivity contribution in [3.8, 4) is 11.5 Å². The van der Waals surface area contributed by atoms with Crippen molar-refractivity contribution in [3.63, 3.8) is 0 Å². The number of aromatic nitrogens is 2. The molecular weight excluding hydrogens is 308 g/mol. The molecule has 1 aromatic heterocycles. The summed E-state index contributed by atoms with van der Waals surface area (Å²) in [5, 5.41) is 7.18. The summed E-state index contributed by atoms with van der Waals surface area (Å²) in [6.07, 6.45) is 3.53. The second-order valence-electron chi connectivity index (χ2n) is 5.54. The highest BCUT2D eigenvalue weighted by molar-refractivity contribution is 5.83. The van der Waals surface area contributed by atoms with Gasteiger partial charge in [-0.25, -0.2) is 0 Å². The second kappa shape index (κ2) is 7.83. The minimum atomic E-state index is -0.437. The van der Waals surface area contributed by atoms with E-state index in [2.05, 4.69) is 10.4 Å². The highest BCUT2D eigenvalue weighted by Crippen LogP contribution is 2.26. The van der Waals surface area contributed by atoms with Crippen molar-refractivity contribution >= 4 is 5.91 Å². The number of rotatable bonds is 7. The molecule has 1 N–H and O–H groups in total. The average molecular weight is 332 g/mol. The zero-order valence-corrected chi connectivity index (χ0v) is 14.7. The highest BCUT2D eigenvalue weighted by Gasteiger charge is 2.24. The lowest BCUT2D eigenvalue weighted by molar-refractivity contribution is -0.132. The molecule has 1 unspecified atom stereocenters. The van der Waals surface area contributed by atoms with Crippen LogP contribution in [0, 0.1) is 0 Å². The third kappa shape index (κ3) is 3.86. The van der Waals surface area contributed by atoms with Gasteiger partial charge in [-0.3, -0.25) is 9.48 Å². The molecule has 0 aliphatic carbocycles. The van der Waals surface area contributed by atoms with Gasteiger partial charge in [-0.05, 0) is 19.2 Å². The highest BCUT2D eigenvalue weighted by atomic mass is 16.5. The molecule has 0 bridgehead atoms. The molecule has 1 atom stereocenters. The average Bonchev–Trinajstić information content (AvgIpc) is 3.01. The van der Waals surface area contributed by atoms with E-state index in [9.17, 15) is 4.79 Å². The number of nitrogens with one attached hydrogen (secondary N) is 1. The Balaban J connectivity index is 2.16. The number of likely N-dealkylation sites (N-methyl/N-ethyl adjacent to an activating group) is 2. The van der Waals surface area contributed by atoms with E-state index < -0.39 is 6.04 Å². The minimum Gasteiger partial charge on any atom is -0.497 e. The van der Waals surface area contributed by atoms with Gasteiger partial charge < -0.3 is 19.7 Å². The summed E-state index contributed by atoms with van der Waals surface area (Å²) in [5.74, 6) is 1.37. The van der Waals surface area contributed by atoms with Crippen LogP contribution in [-0.2, 0) is 18.4 Å². The van der Waals surface area contributed by atoms with Crippen molar-refractivity contribution in [1.29, 1.82) is 0 Å². The predicted octanol–water partition coefficient (Wildman–Crippen LogP) is 1.36. The molecule has 7 heteroatoms. The summed E-state index contributed by atoms with van der Waals surface area (Å²) < 4.78 is 12.3. The van der Waals surface area contributed by atoms with Gasteiger partial charge in [-0.15, -0.1) is 0 Å². The van der Waals surface area contributed by atoms with E-state index in [1.165, 1.54) is 0 Å². The number of aryl methyl sites for hydroxylation is 1. The molecule has 0 radical (unpaired) electrons. The number of nitrogens with zero attached hydrogens (tertiary/aromatic N) is 3. The van der Waals surface area contributed by atoms with Crippen LogP contribution in [0.5, 0.6) is 11.5 Å². The van der Waals surface area contributed by atoms with Gasteiger partial charge in [0, 0.05) is 44.0 Å². The summed E-state index contributed by atoms with van der Waals surface area (Å²) in [7, 11) is 8.57. The number of hydrogen-bond acceptors (Lipinski definition) is 5. The summed E-state index contributed by atoms with van der Waals surface area (Å²) in [5.41, 5.74) is 1.74. The molecule has 0 aliphatic heterocycles. The standard InChI is InChI=1S/C17H24N4O3/c1-18-16(13-9-19-21(3)11-13)17(22)20(2)10-12-6-7-14(23-4)8-15(12)24-5/h6-9,11,16,18H,10H2,1-5H3. The third-order valence-corrected chi connectivity index (χ3v) is 3.87. The fourth-order valence-corrected chi connectivity index (χ4v) is 2.56. The van der Waals surface area contributed by atoms with Gasteiger partial charge in [0.1, 0.15) is 17.5 Å². The third-order valence-electron chi connectivity index (χ3n) is 3.87. The van der Waals surface area contributed by atoms with E-state index in [4.69, 9.17) is 9.47 Å². The molecule has 24 heavy (non-hydrogen) atoms. The summed E-state index contributed by atoms with van der Waals surface area (Å²) >= 11 is 0. The van der Waals surface area contributed by atoms with E-state index in [-0.39, 0.29) is 5.91 Å². The van der Waals surface area contributed by atoms with Crippen LogP contribution in [0.3, 0.4) is 0 Å². The number of hydrogen-bond donors (Lipinski definition) is 1. The lowest BCUT2D eigenvalue weighted by Gasteiger charge is -2.24. The van der Waals surface area contributed by atoms with E-state index in [0.717, 1.165) is 11.1 Å². The molecule has 0 saturated carbocycles. The van der Waals surface area contributed by atoms with Gasteiger partial charge in [0.05, 0.1) is 20.4 Å². The van der Waals surface area contributed by atoms with Crippen LogP contribution in [0.15, 0.2) is 30.6 Å². The van der Waals surface area contributed by atoms with Crippen LogP contribution in [0.2, 0.25) is 0 Å². The van der Waals surface area contributed by atoms with Crippen molar-refractivity contribution in [2.24, 2.45) is 7.05 Å². The molecule has 1 aromatic carbocycles. The Bertz CT molecular complexity index is 699. The Hall–Kier alpha value is -2.54. The maximum absolute atomic E-state index is 12.8. The topological polar surface area (TPSA) is 68.6 Å². The van der Waals surface area contributed by atoms with Gasteiger partial charge >= 0.3 is 0 Å². The van der Waals surface area contributed by atoms with Crippen LogP contribution >= 0.6 is 0 Å². The maximum atomic E-state index is 12.8. The number of benzene rings is 1. The molecule has 0 spiro atoms. The Kier molecular flexibility index (Phi) is 5.81. The number of carbonyl (C=O) groups is 1. The molecule has 0 aliphatic rings. The van der Waals surface area contributed by atoms with Crippen molar-refractivity contribution in [1.82, 2.24) is 20.0 Å². The molecule has 0 saturated heterocycles.